The van der Waals surface area contributed by atoms with Gasteiger partial charge in [-0.1, -0.05) is 36.0 Å². The molecule has 1 aliphatic heterocycles. The summed E-state index contributed by atoms with van der Waals surface area (Å²) in [5.74, 6) is -0.658. The monoisotopic (exact) mass is 429 g/mol. The quantitative estimate of drug-likeness (QED) is 0.735. The molecule has 0 saturated carbocycles. The van der Waals surface area contributed by atoms with Gasteiger partial charge in [0.05, 0.1) is 0 Å². The number of hydrogen-bond donors (Lipinski definition) is 2. The molecule has 2 aromatic rings. The molecule has 0 radical (unpaired) electrons. The van der Waals surface area contributed by atoms with Gasteiger partial charge in [-0.3, -0.25) is 14.4 Å². The summed E-state index contributed by atoms with van der Waals surface area (Å²) >= 11 is 0.979. The third kappa shape index (κ3) is 5.41. The normalized spacial score (nSPS) is 15.5. The molecule has 0 spiro atoms. The fraction of sp³-hybridized carbons (Fsp3) is 0.476. The van der Waals surface area contributed by atoms with Crippen LogP contribution in [0.1, 0.15) is 58.3 Å². The highest BCUT2D eigenvalue weighted by Crippen LogP contribution is 2.21. The predicted octanol–water partition coefficient (Wildman–Crippen LogP) is 2.87. The SMILES string of the molecule is CC[C@@H](C)NC(=O)C1CCN(C(=O)c2nnc(C(=O)Nc3ccc(C)cc3)s2)CC1. The number of carbonyl (C=O) groups is 3. The first-order chi connectivity index (χ1) is 14.4. The number of hydrogen-bond acceptors (Lipinski definition) is 6. The second-order valence-electron chi connectivity index (χ2n) is 7.62. The maximum Gasteiger partial charge on any atom is 0.286 e. The fourth-order valence-electron chi connectivity index (χ4n) is 3.17. The molecule has 30 heavy (non-hydrogen) atoms. The van der Waals surface area contributed by atoms with Gasteiger partial charge in [0, 0.05) is 30.7 Å². The lowest BCUT2D eigenvalue weighted by molar-refractivity contribution is -0.126. The molecule has 3 rings (SSSR count). The number of rotatable bonds is 6. The molecule has 0 aliphatic carbocycles. The molecular formula is C21H27N5O3S. The van der Waals surface area contributed by atoms with Gasteiger partial charge < -0.3 is 15.5 Å². The first kappa shape index (κ1) is 21.9. The molecule has 1 saturated heterocycles. The Balaban J connectivity index is 1.54. The molecule has 1 aromatic heterocycles. The van der Waals surface area contributed by atoms with Gasteiger partial charge in [0.1, 0.15) is 0 Å². The highest BCUT2D eigenvalue weighted by atomic mass is 32.1. The minimum atomic E-state index is -0.393. The van der Waals surface area contributed by atoms with Crippen LogP contribution in [-0.4, -0.2) is 52.0 Å². The van der Waals surface area contributed by atoms with E-state index in [1.54, 1.807) is 4.90 Å². The van der Waals surface area contributed by atoms with Gasteiger partial charge in [-0.15, -0.1) is 10.2 Å². The molecule has 2 heterocycles. The maximum atomic E-state index is 12.7. The lowest BCUT2D eigenvalue weighted by Gasteiger charge is -2.31. The molecule has 1 fully saturated rings. The van der Waals surface area contributed by atoms with E-state index in [0.717, 1.165) is 23.3 Å². The zero-order valence-corrected chi connectivity index (χ0v) is 18.3. The maximum absolute atomic E-state index is 12.7. The standard InChI is InChI=1S/C21H27N5O3S/c1-4-14(3)22-17(27)15-9-11-26(12-10-15)21(29)20-25-24-19(30-20)18(28)23-16-7-5-13(2)6-8-16/h5-8,14-15H,4,9-12H2,1-3H3,(H,22,27)(H,23,28)/t14-/m1/s1. The van der Waals surface area contributed by atoms with Crippen LogP contribution in [0.4, 0.5) is 5.69 Å². The van der Waals surface area contributed by atoms with E-state index in [0.29, 0.717) is 31.6 Å². The van der Waals surface area contributed by atoms with Crippen LogP contribution in [0.5, 0.6) is 0 Å². The van der Waals surface area contributed by atoms with Crippen molar-refractivity contribution in [3.05, 3.63) is 39.8 Å². The van der Waals surface area contributed by atoms with Crippen molar-refractivity contribution in [2.24, 2.45) is 5.92 Å². The van der Waals surface area contributed by atoms with E-state index in [9.17, 15) is 14.4 Å². The molecule has 3 amide bonds. The number of nitrogens with zero attached hydrogens (tertiary/aromatic N) is 3. The van der Waals surface area contributed by atoms with Crippen molar-refractivity contribution in [3.8, 4) is 0 Å². The summed E-state index contributed by atoms with van der Waals surface area (Å²) in [5.41, 5.74) is 1.75. The summed E-state index contributed by atoms with van der Waals surface area (Å²) in [6.07, 6.45) is 2.13. The Morgan fingerprint density at radius 2 is 1.77 bits per heavy atom. The van der Waals surface area contributed by atoms with Gasteiger partial charge in [0.2, 0.25) is 15.9 Å². The fourth-order valence-corrected chi connectivity index (χ4v) is 3.87. The Bertz CT molecular complexity index is 904. The summed E-state index contributed by atoms with van der Waals surface area (Å²) in [6.45, 7) is 6.96. The van der Waals surface area contributed by atoms with Crippen LogP contribution in [0.25, 0.3) is 0 Å². The third-order valence-corrected chi connectivity index (χ3v) is 6.18. The second kappa shape index (κ2) is 9.80. The van der Waals surface area contributed by atoms with Crippen molar-refractivity contribution in [2.45, 2.75) is 46.1 Å². The van der Waals surface area contributed by atoms with Crippen LogP contribution in [0.15, 0.2) is 24.3 Å². The number of amides is 3. The Labute approximate surface area is 180 Å². The Kier molecular flexibility index (Phi) is 7.15. The predicted molar refractivity (Wildman–Crippen MR) is 116 cm³/mol. The number of likely N-dealkylation sites (tertiary alicyclic amines) is 1. The highest BCUT2D eigenvalue weighted by molar-refractivity contribution is 7.15. The largest absolute Gasteiger partial charge is 0.353 e. The van der Waals surface area contributed by atoms with Crippen LogP contribution in [0.2, 0.25) is 0 Å². The number of anilines is 1. The first-order valence-corrected chi connectivity index (χ1v) is 11.0. The lowest BCUT2D eigenvalue weighted by Crippen LogP contribution is -2.44. The zero-order chi connectivity index (χ0) is 21.7. The van der Waals surface area contributed by atoms with Crippen molar-refractivity contribution >= 4 is 34.7 Å². The van der Waals surface area contributed by atoms with Crippen LogP contribution in [0.3, 0.4) is 0 Å². The molecule has 8 nitrogen and oxygen atoms in total. The van der Waals surface area contributed by atoms with Crippen molar-refractivity contribution < 1.29 is 14.4 Å². The molecule has 160 valence electrons. The molecule has 0 unspecified atom stereocenters. The van der Waals surface area contributed by atoms with Crippen molar-refractivity contribution in [1.29, 1.82) is 0 Å². The van der Waals surface area contributed by atoms with E-state index in [2.05, 4.69) is 20.8 Å². The van der Waals surface area contributed by atoms with Gasteiger partial charge in [0.15, 0.2) is 0 Å². The van der Waals surface area contributed by atoms with Crippen LogP contribution >= 0.6 is 11.3 Å². The average molecular weight is 430 g/mol. The number of aromatic nitrogens is 2. The molecule has 0 bridgehead atoms. The van der Waals surface area contributed by atoms with E-state index in [-0.39, 0.29) is 33.8 Å². The van der Waals surface area contributed by atoms with E-state index in [4.69, 9.17) is 0 Å². The van der Waals surface area contributed by atoms with E-state index in [1.807, 2.05) is 45.0 Å². The van der Waals surface area contributed by atoms with Crippen molar-refractivity contribution in [3.63, 3.8) is 0 Å². The molecule has 1 atom stereocenters. The average Bonchev–Trinajstić information content (AvgIpc) is 3.25. The van der Waals surface area contributed by atoms with Gasteiger partial charge in [-0.05, 0) is 45.2 Å². The Morgan fingerprint density at radius 1 is 1.13 bits per heavy atom. The minimum Gasteiger partial charge on any atom is -0.353 e. The topological polar surface area (TPSA) is 104 Å². The molecule has 1 aliphatic rings. The summed E-state index contributed by atoms with van der Waals surface area (Å²) in [4.78, 5) is 39.1. The summed E-state index contributed by atoms with van der Waals surface area (Å²) in [6, 6.07) is 7.57. The van der Waals surface area contributed by atoms with Gasteiger partial charge in [-0.2, -0.15) is 0 Å². The number of benzene rings is 1. The molecular weight excluding hydrogens is 402 g/mol. The summed E-state index contributed by atoms with van der Waals surface area (Å²) < 4.78 is 0. The Hall–Kier alpha value is -2.81. The van der Waals surface area contributed by atoms with Crippen LogP contribution in [0, 0.1) is 12.8 Å². The number of carbonyl (C=O) groups excluding carboxylic acids is 3. The first-order valence-electron chi connectivity index (χ1n) is 10.2. The Morgan fingerprint density at radius 3 is 2.40 bits per heavy atom. The number of nitrogens with one attached hydrogen (secondary N) is 2. The van der Waals surface area contributed by atoms with Crippen LogP contribution in [-0.2, 0) is 4.79 Å². The lowest BCUT2D eigenvalue weighted by atomic mass is 9.95. The molecule has 2 N–H and O–H groups in total. The minimum absolute atomic E-state index is 0.0578. The van der Waals surface area contributed by atoms with E-state index >= 15 is 0 Å². The van der Waals surface area contributed by atoms with Gasteiger partial charge in [0.25, 0.3) is 11.8 Å². The smallest absolute Gasteiger partial charge is 0.286 e. The number of aryl methyl sites for hydroxylation is 1. The van der Waals surface area contributed by atoms with Crippen LogP contribution < -0.4 is 10.6 Å². The van der Waals surface area contributed by atoms with Gasteiger partial charge in [-0.25, -0.2) is 0 Å². The molecule has 9 heteroatoms. The molecule has 1 aromatic carbocycles. The number of piperidine rings is 1. The highest BCUT2D eigenvalue weighted by Gasteiger charge is 2.30. The third-order valence-electron chi connectivity index (χ3n) is 5.27. The van der Waals surface area contributed by atoms with E-state index < -0.39 is 5.91 Å². The van der Waals surface area contributed by atoms with Gasteiger partial charge >= 0.3 is 0 Å². The second-order valence-corrected chi connectivity index (χ2v) is 8.59. The zero-order valence-electron chi connectivity index (χ0n) is 17.5. The van der Waals surface area contributed by atoms with Crippen molar-refractivity contribution in [1.82, 2.24) is 20.4 Å². The summed E-state index contributed by atoms with van der Waals surface area (Å²) in [5, 5.41) is 13.9. The van der Waals surface area contributed by atoms with Crippen molar-refractivity contribution in [2.75, 3.05) is 18.4 Å². The summed E-state index contributed by atoms with van der Waals surface area (Å²) in [7, 11) is 0. The van der Waals surface area contributed by atoms with E-state index in [1.165, 1.54) is 0 Å².